The van der Waals surface area contributed by atoms with Crippen LogP contribution < -0.4 is 10.5 Å². The first-order valence-corrected chi connectivity index (χ1v) is 8.87. The molecule has 0 aliphatic carbocycles. The maximum absolute atomic E-state index is 14.3. The molecule has 1 fully saturated rings. The smallest absolute Gasteiger partial charge is 0.253 e. The van der Waals surface area contributed by atoms with Crippen LogP contribution in [0.1, 0.15) is 28.8 Å². The Morgan fingerprint density at radius 1 is 1.32 bits per heavy atom. The SMILES string of the molecule is Nc1cc(OCc2cc(C(=O)N3CCC(O)CC3)ccc2F)c2n[nH]nc2n1. The lowest BCUT2D eigenvalue weighted by Gasteiger charge is -2.29. The van der Waals surface area contributed by atoms with Crippen LogP contribution in [0.2, 0.25) is 0 Å². The average Bonchev–Trinajstić information content (AvgIpc) is 3.15. The van der Waals surface area contributed by atoms with Crippen LogP contribution >= 0.6 is 0 Å². The number of nitrogens with one attached hydrogen (secondary N) is 1. The third kappa shape index (κ3) is 3.58. The Morgan fingerprint density at radius 3 is 2.89 bits per heavy atom. The van der Waals surface area contributed by atoms with Crippen LogP contribution in [0.3, 0.4) is 0 Å². The Balaban J connectivity index is 1.52. The second kappa shape index (κ2) is 7.39. The van der Waals surface area contributed by atoms with E-state index < -0.39 is 5.82 Å². The molecule has 3 heterocycles. The number of aliphatic hydroxyl groups is 1. The van der Waals surface area contributed by atoms with Crippen LogP contribution in [0.15, 0.2) is 24.3 Å². The van der Waals surface area contributed by atoms with Gasteiger partial charge in [0.15, 0.2) is 11.3 Å². The molecule has 4 rings (SSSR count). The minimum atomic E-state index is -0.482. The van der Waals surface area contributed by atoms with E-state index in [1.54, 1.807) is 4.90 Å². The van der Waals surface area contributed by atoms with Gasteiger partial charge in [-0.1, -0.05) is 0 Å². The number of carbonyl (C=O) groups excluding carboxylic acids is 1. The first-order chi connectivity index (χ1) is 13.5. The fourth-order valence-electron chi connectivity index (χ4n) is 3.16. The number of halogens is 1. The van der Waals surface area contributed by atoms with Crippen molar-refractivity contribution in [3.8, 4) is 5.75 Å². The number of nitrogens with zero attached hydrogens (tertiary/aromatic N) is 4. The van der Waals surface area contributed by atoms with E-state index in [0.717, 1.165) is 0 Å². The van der Waals surface area contributed by atoms with Crippen LogP contribution in [0.5, 0.6) is 5.75 Å². The van der Waals surface area contributed by atoms with Crippen LogP contribution in [-0.4, -0.2) is 55.5 Å². The number of pyridine rings is 1. The minimum absolute atomic E-state index is 0.114. The summed E-state index contributed by atoms with van der Waals surface area (Å²) >= 11 is 0. The molecule has 1 amide bonds. The van der Waals surface area contributed by atoms with E-state index in [1.807, 2.05) is 0 Å². The minimum Gasteiger partial charge on any atom is -0.486 e. The van der Waals surface area contributed by atoms with E-state index >= 15 is 0 Å². The molecule has 9 nitrogen and oxygen atoms in total. The van der Waals surface area contributed by atoms with Gasteiger partial charge in [-0.2, -0.15) is 10.3 Å². The largest absolute Gasteiger partial charge is 0.486 e. The van der Waals surface area contributed by atoms with Gasteiger partial charge in [-0.05, 0) is 31.0 Å². The van der Waals surface area contributed by atoms with Crippen LogP contribution in [0.25, 0.3) is 11.2 Å². The number of benzene rings is 1. The van der Waals surface area contributed by atoms with Gasteiger partial charge in [0.1, 0.15) is 18.2 Å². The molecule has 0 spiro atoms. The zero-order valence-electron chi connectivity index (χ0n) is 14.9. The van der Waals surface area contributed by atoms with Gasteiger partial charge >= 0.3 is 0 Å². The van der Waals surface area contributed by atoms with Crippen molar-refractivity contribution < 1.29 is 19.0 Å². The number of nitrogens with two attached hydrogens (primary N) is 1. The molecular weight excluding hydrogens is 367 g/mol. The van der Waals surface area contributed by atoms with Crippen molar-refractivity contribution in [2.75, 3.05) is 18.8 Å². The fourth-order valence-corrected chi connectivity index (χ4v) is 3.16. The maximum Gasteiger partial charge on any atom is 0.253 e. The van der Waals surface area contributed by atoms with Crippen molar-refractivity contribution >= 4 is 22.9 Å². The summed E-state index contributed by atoms with van der Waals surface area (Å²) in [6, 6.07) is 5.66. The van der Waals surface area contributed by atoms with Gasteiger partial charge in [-0.3, -0.25) is 4.79 Å². The number of likely N-dealkylation sites (tertiary alicyclic amines) is 1. The number of aliphatic hydroxyl groups excluding tert-OH is 1. The molecule has 4 N–H and O–H groups in total. The monoisotopic (exact) mass is 386 g/mol. The number of aromatic nitrogens is 4. The summed E-state index contributed by atoms with van der Waals surface area (Å²) in [6.45, 7) is 0.838. The third-order valence-corrected chi connectivity index (χ3v) is 4.70. The van der Waals surface area contributed by atoms with E-state index in [1.165, 1.54) is 24.3 Å². The molecule has 0 atom stereocenters. The van der Waals surface area contributed by atoms with Crippen molar-refractivity contribution in [2.24, 2.45) is 0 Å². The normalized spacial score (nSPS) is 15.1. The predicted molar refractivity (Wildman–Crippen MR) is 98.0 cm³/mol. The second-order valence-corrected chi connectivity index (χ2v) is 6.66. The zero-order valence-corrected chi connectivity index (χ0v) is 14.9. The molecule has 10 heteroatoms. The molecule has 0 bridgehead atoms. The molecule has 0 unspecified atom stereocenters. The van der Waals surface area contributed by atoms with E-state index in [-0.39, 0.29) is 30.0 Å². The van der Waals surface area contributed by atoms with Gasteiger partial charge < -0.3 is 20.5 Å². The van der Waals surface area contributed by atoms with Crippen LogP contribution in [-0.2, 0) is 6.61 Å². The van der Waals surface area contributed by atoms with Crippen molar-refractivity contribution in [1.29, 1.82) is 0 Å². The van der Waals surface area contributed by atoms with Crippen molar-refractivity contribution in [1.82, 2.24) is 25.3 Å². The van der Waals surface area contributed by atoms with Gasteiger partial charge in [0, 0.05) is 30.3 Å². The second-order valence-electron chi connectivity index (χ2n) is 6.66. The van der Waals surface area contributed by atoms with E-state index in [9.17, 15) is 14.3 Å². The third-order valence-electron chi connectivity index (χ3n) is 4.70. The molecule has 0 radical (unpaired) electrons. The molecule has 1 aliphatic rings. The number of carbonyl (C=O) groups is 1. The van der Waals surface area contributed by atoms with Gasteiger partial charge in [-0.15, -0.1) is 5.10 Å². The summed E-state index contributed by atoms with van der Waals surface area (Å²) in [5.74, 6) is -0.158. The number of H-pyrrole nitrogens is 1. The quantitative estimate of drug-likeness (QED) is 0.615. The number of piperidine rings is 1. The maximum atomic E-state index is 14.3. The van der Waals surface area contributed by atoms with Gasteiger partial charge in [0.05, 0.1) is 6.10 Å². The topological polar surface area (TPSA) is 130 Å². The molecular formula is C18H19FN6O3. The number of nitrogen functional groups attached to an aromatic ring is 1. The van der Waals surface area contributed by atoms with E-state index in [2.05, 4.69) is 20.4 Å². The Kier molecular flexibility index (Phi) is 4.78. The first kappa shape index (κ1) is 18.1. The summed E-state index contributed by atoms with van der Waals surface area (Å²) in [6.07, 6.45) is 0.711. The highest BCUT2D eigenvalue weighted by Crippen LogP contribution is 2.25. The summed E-state index contributed by atoms with van der Waals surface area (Å²) in [5.41, 5.74) is 7.01. The zero-order chi connectivity index (χ0) is 19.7. The Bertz CT molecular complexity index is 1020. The lowest BCUT2D eigenvalue weighted by molar-refractivity contribution is 0.0546. The number of amides is 1. The molecule has 1 saturated heterocycles. The average molecular weight is 386 g/mol. The molecule has 146 valence electrons. The number of rotatable bonds is 4. The number of anilines is 1. The number of hydrogen-bond acceptors (Lipinski definition) is 7. The first-order valence-electron chi connectivity index (χ1n) is 8.87. The highest BCUT2D eigenvalue weighted by Gasteiger charge is 2.23. The molecule has 3 aromatic rings. The lowest BCUT2D eigenvalue weighted by Crippen LogP contribution is -2.40. The summed E-state index contributed by atoms with van der Waals surface area (Å²) < 4.78 is 19.9. The number of aromatic amines is 1. The van der Waals surface area contributed by atoms with Crippen molar-refractivity contribution in [2.45, 2.75) is 25.6 Å². The summed E-state index contributed by atoms with van der Waals surface area (Å²) in [5, 5.41) is 19.8. The summed E-state index contributed by atoms with van der Waals surface area (Å²) in [7, 11) is 0. The van der Waals surface area contributed by atoms with Gasteiger partial charge in [0.25, 0.3) is 5.91 Å². The van der Waals surface area contributed by atoms with Crippen LogP contribution in [0.4, 0.5) is 10.2 Å². The molecule has 0 saturated carbocycles. The highest BCUT2D eigenvalue weighted by atomic mass is 19.1. The van der Waals surface area contributed by atoms with Crippen molar-refractivity contribution in [3.05, 3.63) is 41.2 Å². The van der Waals surface area contributed by atoms with Gasteiger partial charge in [-0.25, -0.2) is 9.37 Å². The molecule has 1 aliphatic heterocycles. The van der Waals surface area contributed by atoms with Crippen molar-refractivity contribution in [3.63, 3.8) is 0 Å². The summed E-state index contributed by atoms with van der Waals surface area (Å²) in [4.78, 5) is 18.3. The molecule has 2 aromatic heterocycles. The number of ether oxygens (including phenoxy) is 1. The predicted octanol–water partition coefficient (Wildman–Crippen LogP) is 1.25. The Labute approximate surface area is 159 Å². The Hall–Kier alpha value is -3.27. The number of fused-ring (bicyclic) bond motifs is 1. The lowest BCUT2D eigenvalue weighted by atomic mass is 10.1. The Morgan fingerprint density at radius 2 is 2.11 bits per heavy atom. The van der Waals surface area contributed by atoms with Gasteiger partial charge in [0.2, 0.25) is 5.65 Å². The number of hydrogen-bond donors (Lipinski definition) is 3. The fraction of sp³-hybridized carbons (Fsp3) is 0.333. The molecule has 1 aromatic carbocycles. The highest BCUT2D eigenvalue weighted by molar-refractivity contribution is 5.94. The van der Waals surface area contributed by atoms with Crippen LogP contribution in [0, 0.1) is 5.82 Å². The molecule has 28 heavy (non-hydrogen) atoms. The van der Waals surface area contributed by atoms with E-state index in [4.69, 9.17) is 10.5 Å². The standard InChI is InChI=1S/C18H19FN6O3/c19-13-2-1-10(18(27)25-5-3-12(26)4-6-25)7-11(13)9-28-14-8-15(20)21-17-16(14)22-24-23-17/h1-2,7-8,12,26H,3-6,9H2,(H3,20,21,22,23,24). The van der Waals surface area contributed by atoms with E-state index in [0.29, 0.717) is 48.4 Å².